The molecule has 0 bridgehead atoms. The van der Waals surface area contributed by atoms with Gasteiger partial charge in [0.05, 0.1) is 0 Å². The molecule has 0 radical (unpaired) electrons. The van der Waals surface area contributed by atoms with Crippen molar-refractivity contribution in [1.82, 2.24) is 0 Å². The van der Waals surface area contributed by atoms with Crippen molar-refractivity contribution in [2.24, 2.45) is 0 Å². The molecule has 0 aromatic carbocycles. The van der Waals surface area contributed by atoms with Gasteiger partial charge in [-0.2, -0.15) is 0 Å². The van der Waals surface area contributed by atoms with Crippen LogP contribution in [0.5, 0.6) is 0 Å². The predicted octanol–water partition coefficient (Wildman–Crippen LogP) is 6.29. The first-order chi connectivity index (χ1) is 13.8. The third-order valence-corrected chi connectivity index (χ3v) is 29.5. The van der Waals surface area contributed by atoms with Crippen molar-refractivity contribution in [3.05, 3.63) is 0 Å². The van der Waals surface area contributed by atoms with Crippen LogP contribution in [0.1, 0.15) is 19.8 Å². The van der Waals surface area contributed by atoms with Gasteiger partial charge >= 0.3 is 51.4 Å². The average molecular weight is 577 g/mol. The Balaban J connectivity index is 5.18. The number of hydrogen-bond acceptors (Lipinski definition) is 7. The molecule has 0 saturated heterocycles. The molecule has 0 aromatic rings. The minimum absolute atomic E-state index is 1.15. The van der Waals surface area contributed by atoms with Gasteiger partial charge in [-0.25, -0.2) is 0 Å². The molecule has 0 aromatic heterocycles. The van der Waals surface area contributed by atoms with Crippen molar-refractivity contribution >= 4 is 59.7 Å². The minimum Gasteiger partial charge on any atom is -0.436 e. The maximum Gasteiger partial charge on any atom is 0.320 e. The number of unbranched alkanes of at least 4 members (excludes halogenated alkanes) is 1. The maximum atomic E-state index is 10.2. The van der Waals surface area contributed by atoms with Crippen molar-refractivity contribution in [3.63, 3.8) is 0 Å². The summed E-state index contributed by atoms with van der Waals surface area (Å²) in [6.07, 6.45) is 2.39. The van der Waals surface area contributed by atoms with Crippen LogP contribution in [0, 0.1) is 0 Å². The summed E-state index contributed by atoms with van der Waals surface area (Å²) < 4.78 is 38.7. The molecule has 0 aliphatic rings. The highest BCUT2D eigenvalue weighted by molar-refractivity contribution is 6.91. The van der Waals surface area contributed by atoms with E-state index >= 15 is 0 Å². The van der Waals surface area contributed by atoms with Gasteiger partial charge in [0.15, 0.2) is 8.32 Å². The molecule has 0 saturated carbocycles. The van der Waals surface area contributed by atoms with Crippen LogP contribution >= 0.6 is 0 Å². The standard InChI is InChI=1S/C18H52O7Si7/c1-16-17-18-26(2,3)20-28(6,7)22-30(10,11)24-32(14,15)25-31(12,13)23-29(8,9)21-27(4,5)19/h19H,16-18H2,1-15H3. The largest absolute Gasteiger partial charge is 0.436 e. The van der Waals surface area contributed by atoms with E-state index in [1.807, 2.05) is 26.2 Å². The monoisotopic (exact) mass is 576 g/mol. The van der Waals surface area contributed by atoms with Gasteiger partial charge in [0, 0.05) is 0 Å². The predicted molar refractivity (Wildman–Crippen MR) is 151 cm³/mol. The zero-order valence-corrected chi connectivity index (χ0v) is 30.5. The Bertz CT molecular complexity index is 591. The highest BCUT2D eigenvalue weighted by atomic mass is 28.5. The average Bonchev–Trinajstić information content (AvgIpc) is 2.34. The molecule has 1 N–H and O–H groups in total. The zero-order chi connectivity index (χ0) is 25.9. The first-order valence-corrected chi connectivity index (χ1v) is 31.8. The van der Waals surface area contributed by atoms with E-state index in [1.54, 1.807) is 13.1 Å². The lowest BCUT2D eigenvalue weighted by atomic mass is 10.4. The molecule has 0 heterocycles. The van der Waals surface area contributed by atoms with Crippen LogP contribution in [0.2, 0.25) is 97.7 Å². The van der Waals surface area contributed by atoms with Gasteiger partial charge in [0.25, 0.3) is 0 Å². The van der Waals surface area contributed by atoms with Crippen molar-refractivity contribution < 1.29 is 29.5 Å². The van der Waals surface area contributed by atoms with Gasteiger partial charge in [-0.3, -0.25) is 0 Å². The van der Waals surface area contributed by atoms with Crippen LogP contribution in [-0.2, 0) is 24.7 Å². The Morgan fingerprint density at radius 1 is 0.469 bits per heavy atom. The highest BCUT2D eigenvalue weighted by Crippen LogP contribution is 2.29. The Labute approximate surface area is 206 Å². The van der Waals surface area contributed by atoms with Gasteiger partial charge < -0.3 is 29.5 Å². The Morgan fingerprint density at radius 2 is 0.750 bits per heavy atom. The molecule has 0 unspecified atom stereocenters. The van der Waals surface area contributed by atoms with Gasteiger partial charge in [-0.15, -0.1) is 0 Å². The Hall–Kier alpha value is 1.24. The van der Waals surface area contributed by atoms with Gasteiger partial charge in [-0.05, 0) is 97.7 Å². The van der Waals surface area contributed by atoms with Crippen LogP contribution in [0.3, 0.4) is 0 Å². The maximum absolute atomic E-state index is 10.2. The van der Waals surface area contributed by atoms with E-state index in [0.717, 1.165) is 6.04 Å². The van der Waals surface area contributed by atoms with E-state index in [4.69, 9.17) is 24.7 Å². The zero-order valence-electron chi connectivity index (χ0n) is 23.5. The first kappa shape index (κ1) is 33.2. The molecule has 14 heteroatoms. The second kappa shape index (κ2) is 11.5. The molecule has 0 aliphatic heterocycles. The summed E-state index contributed by atoms with van der Waals surface area (Å²) in [7, 11) is -16.9. The van der Waals surface area contributed by atoms with E-state index in [-0.39, 0.29) is 0 Å². The van der Waals surface area contributed by atoms with E-state index in [0.29, 0.717) is 0 Å². The summed E-state index contributed by atoms with van der Waals surface area (Å²) in [6.45, 7) is 30.8. The fourth-order valence-corrected chi connectivity index (χ4v) is 37.8. The summed E-state index contributed by atoms with van der Waals surface area (Å²) in [5, 5.41) is 0. The second-order valence-electron chi connectivity index (χ2n) is 11.9. The molecule has 0 amide bonds. The molecule has 0 fully saturated rings. The van der Waals surface area contributed by atoms with E-state index < -0.39 is 59.7 Å². The Kier molecular flexibility index (Phi) is 12.0. The topological polar surface area (TPSA) is 75.6 Å². The normalized spacial score (nSPS) is 15.4. The van der Waals surface area contributed by atoms with Crippen LogP contribution in [0.15, 0.2) is 0 Å². The lowest BCUT2D eigenvalue weighted by molar-refractivity contribution is 0.264. The fraction of sp³-hybridized carbons (Fsp3) is 1.00. The third-order valence-electron chi connectivity index (χ3n) is 4.12. The number of hydrogen-bond donors (Lipinski definition) is 1. The van der Waals surface area contributed by atoms with Gasteiger partial charge in [0.1, 0.15) is 0 Å². The fourth-order valence-electron chi connectivity index (χ4n) is 4.39. The Morgan fingerprint density at radius 3 is 1.03 bits per heavy atom. The SMILES string of the molecule is CCCC[Si](C)(C)O[Si](C)(C)O[Si](C)(C)O[Si](C)(C)O[Si](C)(C)O[Si](C)(C)O[Si](C)(C)O. The van der Waals surface area contributed by atoms with E-state index in [1.165, 1.54) is 12.8 Å². The van der Waals surface area contributed by atoms with E-state index in [2.05, 4.69) is 59.3 Å². The first-order valence-electron chi connectivity index (χ1n) is 11.7. The summed E-state index contributed by atoms with van der Waals surface area (Å²) in [5.74, 6) is 0. The molecular weight excluding hydrogens is 525 g/mol. The smallest absolute Gasteiger partial charge is 0.320 e. The molecule has 7 nitrogen and oxygen atoms in total. The second-order valence-corrected chi connectivity index (χ2v) is 37.7. The van der Waals surface area contributed by atoms with Crippen molar-refractivity contribution in [1.29, 1.82) is 0 Å². The summed E-state index contributed by atoms with van der Waals surface area (Å²) in [4.78, 5) is 10.2. The summed E-state index contributed by atoms with van der Waals surface area (Å²) in [5.41, 5.74) is 0. The van der Waals surface area contributed by atoms with Gasteiger partial charge in [0.2, 0.25) is 0 Å². The lowest BCUT2D eigenvalue weighted by Gasteiger charge is -2.43. The van der Waals surface area contributed by atoms with Gasteiger partial charge in [-0.1, -0.05) is 19.8 Å². The van der Waals surface area contributed by atoms with Crippen molar-refractivity contribution in [2.75, 3.05) is 0 Å². The van der Waals surface area contributed by atoms with Crippen molar-refractivity contribution in [2.45, 2.75) is 117 Å². The minimum atomic E-state index is -2.68. The van der Waals surface area contributed by atoms with Crippen LogP contribution in [0.4, 0.5) is 0 Å². The quantitative estimate of drug-likeness (QED) is 0.229. The molecule has 0 rings (SSSR count). The highest BCUT2D eigenvalue weighted by Gasteiger charge is 2.48. The van der Waals surface area contributed by atoms with Crippen LogP contribution in [-0.4, -0.2) is 64.5 Å². The molecule has 194 valence electrons. The molecular formula is C18H52O7Si7. The third kappa shape index (κ3) is 16.0. The van der Waals surface area contributed by atoms with Crippen LogP contribution < -0.4 is 0 Å². The van der Waals surface area contributed by atoms with Crippen LogP contribution in [0.25, 0.3) is 0 Å². The molecule has 0 spiro atoms. The summed E-state index contributed by atoms with van der Waals surface area (Å²) >= 11 is 0. The molecule has 0 aliphatic carbocycles. The van der Waals surface area contributed by atoms with E-state index in [9.17, 15) is 4.80 Å². The summed E-state index contributed by atoms with van der Waals surface area (Å²) in [6, 6.07) is 1.15. The molecule has 32 heavy (non-hydrogen) atoms. The lowest BCUT2D eigenvalue weighted by Crippen LogP contribution is -2.61. The molecule has 0 atom stereocenters. The van der Waals surface area contributed by atoms with Crippen molar-refractivity contribution in [3.8, 4) is 0 Å². The number of rotatable bonds is 15.